The van der Waals surface area contributed by atoms with Crippen molar-refractivity contribution in [2.24, 2.45) is 5.92 Å². The molecule has 1 aliphatic heterocycles. The maximum absolute atomic E-state index is 12.7. The van der Waals surface area contributed by atoms with Gasteiger partial charge in [0, 0.05) is 36.9 Å². The smallest absolute Gasteiger partial charge is 0.293 e. The number of benzene rings is 2. The van der Waals surface area contributed by atoms with Gasteiger partial charge in [-0.15, -0.1) is 0 Å². The number of nitrogens with one attached hydrogen (secondary N) is 1. The number of methoxy groups -OCH3 is 2. The fourth-order valence-corrected chi connectivity index (χ4v) is 3.05. The molecule has 0 aliphatic carbocycles. The van der Waals surface area contributed by atoms with E-state index in [2.05, 4.69) is 5.32 Å². The van der Waals surface area contributed by atoms with Crippen LogP contribution < -0.4 is 19.7 Å². The highest BCUT2D eigenvalue weighted by molar-refractivity contribution is 6.04. The quantitative estimate of drug-likeness (QED) is 0.604. The van der Waals surface area contributed by atoms with Crippen molar-refractivity contribution in [2.75, 3.05) is 31.0 Å². The first-order valence-corrected chi connectivity index (χ1v) is 8.50. The number of ether oxygens (including phenoxy) is 2. The lowest BCUT2D eigenvalue weighted by Crippen LogP contribution is -2.28. The van der Waals surface area contributed by atoms with E-state index in [0.717, 1.165) is 0 Å². The molecule has 0 unspecified atom stereocenters. The van der Waals surface area contributed by atoms with Crippen molar-refractivity contribution in [3.8, 4) is 11.5 Å². The van der Waals surface area contributed by atoms with Gasteiger partial charge in [-0.25, -0.2) is 0 Å². The summed E-state index contributed by atoms with van der Waals surface area (Å²) >= 11 is 0. The number of carbonyl (C=O) groups excluding carboxylic acids is 2. The normalized spacial score (nSPS) is 16.0. The predicted octanol–water partition coefficient (Wildman–Crippen LogP) is 2.60. The minimum absolute atomic E-state index is 0.0147. The number of nitrogens with zero attached hydrogens (tertiary/aromatic N) is 2. The number of amides is 2. The molecule has 0 bridgehead atoms. The topological polar surface area (TPSA) is 111 Å². The molecule has 1 N–H and O–H groups in total. The number of carbonyl (C=O) groups is 2. The zero-order valence-electron chi connectivity index (χ0n) is 15.4. The van der Waals surface area contributed by atoms with Crippen LogP contribution in [0.5, 0.6) is 11.5 Å². The molecule has 2 amide bonds. The van der Waals surface area contributed by atoms with Gasteiger partial charge in [-0.1, -0.05) is 6.07 Å². The van der Waals surface area contributed by atoms with Crippen molar-refractivity contribution < 1.29 is 24.0 Å². The Morgan fingerprint density at radius 2 is 1.89 bits per heavy atom. The molecule has 0 aromatic heterocycles. The van der Waals surface area contributed by atoms with E-state index >= 15 is 0 Å². The molecule has 0 radical (unpaired) electrons. The lowest BCUT2D eigenvalue weighted by molar-refractivity contribution is -0.383. The summed E-state index contributed by atoms with van der Waals surface area (Å²) in [4.78, 5) is 37.2. The molecule has 1 aliphatic rings. The van der Waals surface area contributed by atoms with Crippen LogP contribution >= 0.6 is 0 Å². The molecule has 9 heteroatoms. The lowest BCUT2D eigenvalue weighted by Gasteiger charge is -2.17. The van der Waals surface area contributed by atoms with E-state index < -0.39 is 16.7 Å². The van der Waals surface area contributed by atoms with Gasteiger partial charge in [0.15, 0.2) is 0 Å². The molecule has 1 saturated heterocycles. The lowest BCUT2D eigenvalue weighted by atomic mass is 10.1. The van der Waals surface area contributed by atoms with Crippen molar-refractivity contribution in [2.45, 2.75) is 6.42 Å². The van der Waals surface area contributed by atoms with Gasteiger partial charge in [0.2, 0.25) is 11.8 Å². The SMILES string of the molecule is COc1cccc(N2C[C@H](C(=O)Nc3cc(OC)ccc3[N+](=O)[O-])CC2=O)c1. The number of nitro benzene ring substituents is 1. The Labute approximate surface area is 161 Å². The maximum atomic E-state index is 12.7. The number of hydrogen-bond donors (Lipinski definition) is 1. The highest BCUT2D eigenvalue weighted by Gasteiger charge is 2.36. The number of anilines is 2. The maximum Gasteiger partial charge on any atom is 0.293 e. The molecule has 0 spiro atoms. The van der Waals surface area contributed by atoms with E-state index in [1.807, 2.05) is 0 Å². The zero-order chi connectivity index (χ0) is 20.3. The fourth-order valence-electron chi connectivity index (χ4n) is 3.05. The molecule has 146 valence electrons. The number of rotatable bonds is 6. The molecule has 3 rings (SSSR count). The highest BCUT2D eigenvalue weighted by Crippen LogP contribution is 2.32. The summed E-state index contributed by atoms with van der Waals surface area (Å²) in [7, 11) is 2.95. The first-order chi connectivity index (χ1) is 13.4. The molecular formula is C19H19N3O6. The van der Waals surface area contributed by atoms with Crippen molar-refractivity contribution in [1.29, 1.82) is 0 Å². The summed E-state index contributed by atoms with van der Waals surface area (Å²) in [5.74, 6) is -0.320. The number of hydrogen-bond acceptors (Lipinski definition) is 6. The molecule has 1 atom stereocenters. The molecule has 2 aromatic carbocycles. The van der Waals surface area contributed by atoms with Crippen LogP contribution in [0.2, 0.25) is 0 Å². The van der Waals surface area contributed by atoms with Crippen molar-refractivity contribution in [3.63, 3.8) is 0 Å². The summed E-state index contributed by atoms with van der Waals surface area (Å²) in [5.41, 5.74) is 0.414. The van der Waals surface area contributed by atoms with Crippen LogP contribution in [-0.4, -0.2) is 37.5 Å². The van der Waals surface area contributed by atoms with Gasteiger partial charge in [-0.05, 0) is 18.2 Å². The second-order valence-corrected chi connectivity index (χ2v) is 6.24. The van der Waals surface area contributed by atoms with Gasteiger partial charge in [0.25, 0.3) is 5.69 Å². The van der Waals surface area contributed by atoms with Crippen LogP contribution in [0.15, 0.2) is 42.5 Å². The minimum atomic E-state index is -0.635. The largest absolute Gasteiger partial charge is 0.497 e. The Bertz CT molecular complexity index is 930. The first kappa shape index (κ1) is 19.2. The molecule has 9 nitrogen and oxygen atoms in total. The third-order valence-corrected chi connectivity index (χ3v) is 4.52. The average Bonchev–Trinajstić information content (AvgIpc) is 3.09. The summed E-state index contributed by atoms with van der Waals surface area (Å²) in [6.07, 6.45) is 0.0147. The second kappa shape index (κ2) is 7.95. The molecular weight excluding hydrogens is 366 g/mol. The van der Waals surface area contributed by atoms with Crippen LogP contribution in [-0.2, 0) is 9.59 Å². The summed E-state index contributed by atoms with van der Waals surface area (Å²) in [6, 6.07) is 11.1. The van der Waals surface area contributed by atoms with E-state index in [9.17, 15) is 19.7 Å². The molecule has 1 heterocycles. The van der Waals surface area contributed by atoms with Crippen molar-refractivity contribution in [1.82, 2.24) is 0 Å². The van der Waals surface area contributed by atoms with Gasteiger partial charge < -0.3 is 19.7 Å². The molecule has 28 heavy (non-hydrogen) atoms. The second-order valence-electron chi connectivity index (χ2n) is 6.24. The van der Waals surface area contributed by atoms with E-state index in [1.165, 1.54) is 37.3 Å². The number of nitro groups is 1. The molecule has 2 aromatic rings. The Morgan fingerprint density at radius 1 is 1.18 bits per heavy atom. The van der Waals surface area contributed by atoms with Gasteiger partial charge >= 0.3 is 0 Å². The van der Waals surface area contributed by atoms with Gasteiger partial charge in [-0.2, -0.15) is 0 Å². The van der Waals surface area contributed by atoms with Gasteiger partial charge in [0.05, 0.1) is 25.1 Å². The average molecular weight is 385 g/mol. The van der Waals surface area contributed by atoms with Crippen molar-refractivity contribution in [3.05, 3.63) is 52.6 Å². The third kappa shape index (κ3) is 3.88. The standard InChI is InChI=1S/C19H19N3O6/c1-27-14-5-3-4-13(9-14)21-11-12(8-18(21)23)19(24)20-16-10-15(28-2)6-7-17(16)22(25)26/h3-7,9-10,12H,8,11H2,1-2H3,(H,20,24)/t12-/m1/s1. The van der Waals surface area contributed by atoms with Crippen LogP contribution in [0.25, 0.3) is 0 Å². The third-order valence-electron chi connectivity index (χ3n) is 4.52. The Hall–Kier alpha value is -3.62. The highest BCUT2D eigenvalue weighted by atomic mass is 16.6. The Balaban J connectivity index is 1.77. The Morgan fingerprint density at radius 3 is 2.57 bits per heavy atom. The molecule has 0 saturated carbocycles. The van der Waals surface area contributed by atoms with Crippen LogP contribution in [0, 0.1) is 16.0 Å². The van der Waals surface area contributed by atoms with Crippen LogP contribution in [0.4, 0.5) is 17.1 Å². The van der Waals surface area contributed by atoms with Gasteiger partial charge in [0.1, 0.15) is 17.2 Å². The predicted molar refractivity (Wildman–Crippen MR) is 102 cm³/mol. The van der Waals surface area contributed by atoms with Crippen LogP contribution in [0.3, 0.4) is 0 Å². The van der Waals surface area contributed by atoms with Crippen molar-refractivity contribution >= 4 is 28.9 Å². The monoisotopic (exact) mass is 385 g/mol. The Kier molecular flexibility index (Phi) is 5.44. The summed E-state index contributed by atoms with van der Waals surface area (Å²) in [5, 5.41) is 13.8. The fraction of sp³-hybridized carbons (Fsp3) is 0.263. The van der Waals surface area contributed by atoms with Crippen LogP contribution in [0.1, 0.15) is 6.42 Å². The minimum Gasteiger partial charge on any atom is -0.497 e. The van der Waals surface area contributed by atoms with E-state index in [0.29, 0.717) is 17.2 Å². The van der Waals surface area contributed by atoms with E-state index in [-0.39, 0.29) is 30.2 Å². The van der Waals surface area contributed by atoms with Gasteiger partial charge in [-0.3, -0.25) is 19.7 Å². The summed E-state index contributed by atoms with van der Waals surface area (Å²) < 4.78 is 10.2. The zero-order valence-corrected chi connectivity index (χ0v) is 15.4. The molecule has 1 fully saturated rings. The van der Waals surface area contributed by atoms with E-state index in [4.69, 9.17) is 9.47 Å². The summed E-state index contributed by atoms with van der Waals surface area (Å²) in [6.45, 7) is 0.176. The van der Waals surface area contributed by atoms with E-state index in [1.54, 1.807) is 24.3 Å². The first-order valence-electron chi connectivity index (χ1n) is 8.50.